The van der Waals surface area contributed by atoms with Crippen LogP contribution in [0.3, 0.4) is 0 Å². The van der Waals surface area contributed by atoms with Gasteiger partial charge in [0.1, 0.15) is 11.1 Å². The van der Waals surface area contributed by atoms with Crippen molar-refractivity contribution in [2.75, 3.05) is 0 Å². The molecule has 0 bridgehead atoms. The Morgan fingerprint density at radius 2 is 1.21 bits per heavy atom. The third-order valence-electron chi connectivity index (χ3n) is 8.09. The number of fused-ring (bicyclic) bond motifs is 7. The highest BCUT2D eigenvalue weighted by atomic mass is 16.3. The Balaban J connectivity index is 1.23. The van der Waals surface area contributed by atoms with E-state index in [2.05, 4.69) is 92.7 Å². The number of hydrogen-bond donors (Lipinski definition) is 0. The fraction of sp³-hybridized carbons (Fsp3) is 0.0857. The molecule has 0 spiro atoms. The van der Waals surface area contributed by atoms with Crippen molar-refractivity contribution < 1.29 is 4.42 Å². The first kappa shape index (κ1) is 21.3. The number of para-hydroxylation sites is 2. The second-order valence-corrected chi connectivity index (χ2v) is 10.7. The van der Waals surface area contributed by atoms with Crippen LogP contribution in [0, 0.1) is 0 Å². The van der Waals surface area contributed by atoms with E-state index >= 15 is 0 Å². The SMILES string of the molecule is CC1(C)c2ccccc2-c2ccc(-c3cccc(-c4ccc5oc6nc7ccccc7nc6c5c4)c3)cc21. The topological polar surface area (TPSA) is 38.9 Å². The lowest BCUT2D eigenvalue weighted by Gasteiger charge is -2.22. The smallest absolute Gasteiger partial charge is 0.246 e. The summed E-state index contributed by atoms with van der Waals surface area (Å²) < 4.78 is 6.06. The van der Waals surface area contributed by atoms with Crippen molar-refractivity contribution in [2.24, 2.45) is 0 Å². The Hall–Kier alpha value is -4.76. The van der Waals surface area contributed by atoms with Crippen LogP contribution in [0.4, 0.5) is 0 Å². The van der Waals surface area contributed by atoms with Crippen molar-refractivity contribution >= 4 is 33.2 Å². The van der Waals surface area contributed by atoms with Crippen LogP contribution < -0.4 is 0 Å². The molecular weight excluding hydrogens is 464 g/mol. The normalized spacial score (nSPS) is 13.7. The first-order valence-electron chi connectivity index (χ1n) is 13.0. The summed E-state index contributed by atoms with van der Waals surface area (Å²) in [7, 11) is 0. The van der Waals surface area contributed by atoms with Gasteiger partial charge in [0.2, 0.25) is 5.71 Å². The van der Waals surface area contributed by atoms with E-state index < -0.39 is 0 Å². The zero-order valence-electron chi connectivity index (χ0n) is 21.2. The zero-order chi connectivity index (χ0) is 25.4. The van der Waals surface area contributed by atoms with Gasteiger partial charge < -0.3 is 4.42 Å². The molecule has 0 radical (unpaired) electrons. The standard InChI is InChI=1S/C35H24N2O/c1-35(2)28-11-4-3-10-25(28)26-16-14-24(20-29(26)35)22-9-7-8-21(18-22)23-15-17-32-27(19-23)33-34(38-32)37-31-13-6-5-12-30(31)36-33/h3-20H,1-2H3. The molecule has 0 aliphatic heterocycles. The van der Waals surface area contributed by atoms with Gasteiger partial charge in [0.25, 0.3) is 0 Å². The van der Waals surface area contributed by atoms with Crippen molar-refractivity contribution in [1.29, 1.82) is 0 Å². The van der Waals surface area contributed by atoms with Gasteiger partial charge in [0.05, 0.1) is 11.0 Å². The molecule has 180 valence electrons. The van der Waals surface area contributed by atoms with E-state index in [0.29, 0.717) is 5.71 Å². The number of furan rings is 1. The lowest BCUT2D eigenvalue weighted by atomic mass is 9.81. The molecule has 8 rings (SSSR count). The Morgan fingerprint density at radius 1 is 0.553 bits per heavy atom. The molecule has 0 atom stereocenters. The van der Waals surface area contributed by atoms with Crippen molar-refractivity contribution in [2.45, 2.75) is 19.3 Å². The molecule has 0 saturated carbocycles. The Morgan fingerprint density at radius 3 is 2.05 bits per heavy atom. The minimum absolute atomic E-state index is 0.0157. The second-order valence-electron chi connectivity index (χ2n) is 10.7. The predicted molar refractivity (Wildman–Crippen MR) is 155 cm³/mol. The van der Waals surface area contributed by atoms with Crippen LogP contribution >= 0.6 is 0 Å². The third-order valence-corrected chi connectivity index (χ3v) is 8.09. The third kappa shape index (κ3) is 3.02. The van der Waals surface area contributed by atoms with Crippen molar-refractivity contribution in [3.63, 3.8) is 0 Å². The molecule has 0 amide bonds. The van der Waals surface area contributed by atoms with Crippen molar-refractivity contribution in [3.05, 3.63) is 120 Å². The monoisotopic (exact) mass is 488 g/mol. The molecule has 0 saturated heterocycles. The van der Waals surface area contributed by atoms with E-state index in [-0.39, 0.29) is 5.41 Å². The van der Waals surface area contributed by atoms with Gasteiger partial charge in [-0.1, -0.05) is 86.6 Å². The van der Waals surface area contributed by atoms with Gasteiger partial charge in [0, 0.05) is 10.8 Å². The Bertz CT molecular complexity index is 2060. The largest absolute Gasteiger partial charge is 0.436 e. The molecule has 3 nitrogen and oxygen atoms in total. The summed E-state index contributed by atoms with van der Waals surface area (Å²) in [5.74, 6) is 0. The van der Waals surface area contributed by atoms with Crippen LogP contribution in [0.1, 0.15) is 25.0 Å². The van der Waals surface area contributed by atoms with Gasteiger partial charge in [0.15, 0.2) is 0 Å². The number of aromatic nitrogens is 2. The van der Waals surface area contributed by atoms with E-state index in [1.165, 1.54) is 33.4 Å². The summed E-state index contributed by atoms with van der Waals surface area (Å²) >= 11 is 0. The first-order valence-corrected chi connectivity index (χ1v) is 13.0. The van der Waals surface area contributed by atoms with Gasteiger partial charge in [-0.15, -0.1) is 0 Å². The zero-order valence-corrected chi connectivity index (χ0v) is 21.2. The highest BCUT2D eigenvalue weighted by Gasteiger charge is 2.35. The van der Waals surface area contributed by atoms with Crippen LogP contribution in [0.5, 0.6) is 0 Å². The summed E-state index contributed by atoms with van der Waals surface area (Å²) in [5, 5.41) is 0.984. The molecule has 0 N–H and O–H groups in total. The number of hydrogen-bond acceptors (Lipinski definition) is 3. The fourth-order valence-corrected chi connectivity index (χ4v) is 6.08. The van der Waals surface area contributed by atoms with E-state index in [4.69, 9.17) is 14.4 Å². The fourth-order valence-electron chi connectivity index (χ4n) is 6.08. The summed E-state index contributed by atoms with van der Waals surface area (Å²) in [6, 6.07) is 38.7. The molecule has 3 heteroatoms. The highest BCUT2D eigenvalue weighted by Crippen LogP contribution is 2.49. The average molecular weight is 489 g/mol. The molecule has 1 aliphatic carbocycles. The van der Waals surface area contributed by atoms with Crippen LogP contribution in [0.25, 0.3) is 66.6 Å². The van der Waals surface area contributed by atoms with Crippen LogP contribution in [0.2, 0.25) is 0 Å². The molecule has 2 aromatic heterocycles. The molecule has 38 heavy (non-hydrogen) atoms. The summed E-state index contributed by atoms with van der Waals surface area (Å²) in [6.45, 7) is 4.66. The average Bonchev–Trinajstić information content (AvgIpc) is 3.43. The molecule has 5 aromatic carbocycles. The van der Waals surface area contributed by atoms with Crippen molar-refractivity contribution in [1.82, 2.24) is 9.97 Å². The number of rotatable bonds is 2. The molecular formula is C35H24N2O. The van der Waals surface area contributed by atoms with E-state index in [0.717, 1.165) is 38.6 Å². The quantitative estimate of drug-likeness (QED) is 0.243. The lowest BCUT2D eigenvalue weighted by Crippen LogP contribution is -2.14. The second kappa shape index (κ2) is 7.62. The molecule has 0 fully saturated rings. The maximum atomic E-state index is 6.06. The highest BCUT2D eigenvalue weighted by molar-refractivity contribution is 6.05. The van der Waals surface area contributed by atoms with Crippen molar-refractivity contribution in [3.8, 4) is 33.4 Å². The van der Waals surface area contributed by atoms with E-state index in [9.17, 15) is 0 Å². The maximum Gasteiger partial charge on any atom is 0.246 e. The van der Waals surface area contributed by atoms with Gasteiger partial charge in [-0.25, -0.2) is 9.97 Å². The van der Waals surface area contributed by atoms with Gasteiger partial charge in [-0.3, -0.25) is 0 Å². The molecule has 2 heterocycles. The summed E-state index contributed by atoms with van der Waals surface area (Å²) in [4.78, 5) is 9.57. The Labute approximate surface area is 220 Å². The predicted octanol–water partition coefficient (Wildman–Crippen LogP) is 9.17. The van der Waals surface area contributed by atoms with Crippen LogP contribution in [0.15, 0.2) is 114 Å². The summed E-state index contributed by atoms with van der Waals surface area (Å²) in [6.07, 6.45) is 0. The molecule has 0 unspecified atom stereocenters. The lowest BCUT2D eigenvalue weighted by molar-refractivity contribution is 0.655. The minimum Gasteiger partial charge on any atom is -0.436 e. The molecule has 7 aromatic rings. The number of nitrogens with zero attached hydrogens (tertiary/aromatic N) is 2. The maximum absolute atomic E-state index is 6.06. The minimum atomic E-state index is -0.0157. The van der Waals surface area contributed by atoms with Gasteiger partial charge in [-0.2, -0.15) is 0 Å². The van der Waals surface area contributed by atoms with Crippen LogP contribution in [-0.2, 0) is 5.41 Å². The molecule has 1 aliphatic rings. The Kier molecular flexibility index (Phi) is 4.28. The van der Waals surface area contributed by atoms with Gasteiger partial charge >= 0.3 is 0 Å². The van der Waals surface area contributed by atoms with Crippen LogP contribution in [-0.4, -0.2) is 9.97 Å². The van der Waals surface area contributed by atoms with Gasteiger partial charge in [-0.05, 0) is 80.9 Å². The summed E-state index contributed by atoms with van der Waals surface area (Å²) in [5.41, 5.74) is 14.1. The number of benzene rings is 5. The van der Waals surface area contributed by atoms with E-state index in [1.807, 2.05) is 30.3 Å². The van der Waals surface area contributed by atoms with E-state index in [1.54, 1.807) is 0 Å². The first-order chi connectivity index (χ1) is 18.6.